The van der Waals surface area contributed by atoms with Crippen molar-refractivity contribution in [2.45, 2.75) is 10.8 Å². The number of thiazole rings is 1. The van der Waals surface area contributed by atoms with Gasteiger partial charge in [0, 0.05) is 21.7 Å². The van der Waals surface area contributed by atoms with E-state index in [4.69, 9.17) is 32.2 Å². The maximum Gasteiger partial charge on any atom is 0.125 e. The smallest absolute Gasteiger partial charge is 0.125 e. The summed E-state index contributed by atoms with van der Waals surface area (Å²) in [7, 11) is 0. The largest absolute Gasteiger partial charge is 0.491 e. The van der Waals surface area contributed by atoms with Gasteiger partial charge in [-0.15, -0.1) is 11.3 Å². The number of aliphatic hydroxyl groups excluding tert-OH is 1. The van der Waals surface area contributed by atoms with E-state index in [1.165, 1.54) is 0 Å². The summed E-state index contributed by atoms with van der Waals surface area (Å²) in [5, 5.41) is 13.5. The van der Waals surface area contributed by atoms with Gasteiger partial charge in [-0.05, 0) is 47.5 Å². The van der Waals surface area contributed by atoms with E-state index in [0.717, 1.165) is 38.2 Å². The van der Waals surface area contributed by atoms with E-state index < -0.39 is 0 Å². The Morgan fingerprint density at radius 3 is 2.45 bits per heavy atom. The predicted octanol–water partition coefficient (Wildman–Crippen LogP) is 5.77. The summed E-state index contributed by atoms with van der Waals surface area (Å²) in [6, 6.07) is 19.3. The highest BCUT2D eigenvalue weighted by Crippen LogP contribution is 2.31. The molecule has 0 aliphatic heterocycles. The molecule has 0 saturated heterocycles. The fourth-order valence-corrected chi connectivity index (χ4v) is 4.80. The van der Waals surface area contributed by atoms with Gasteiger partial charge < -0.3 is 15.6 Å². The van der Waals surface area contributed by atoms with Crippen molar-refractivity contribution in [2.24, 2.45) is 0 Å². The number of ether oxygens (including phenoxy) is 1. The van der Waals surface area contributed by atoms with Gasteiger partial charge >= 0.3 is 0 Å². The van der Waals surface area contributed by atoms with Crippen molar-refractivity contribution in [1.82, 2.24) is 9.97 Å². The molecule has 31 heavy (non-hydrogen) atoms. The minimum atomic E-state index is -0.0105. The molecule has 2 aromatic heterocycles. The Labute approximate surface area is 193 Å². The third kappa shape index (κ3) is 5.77. The Balaban J connectivity index is 1.45. The van der Waals surface area contributed by atoms with E-state index in [9.17, 15) is 0 Å². The van der Waals surface area contributed by atoms with Crippen molar-refractivity contribution >= 4 is 40.5 Å². The lowest BCUT2D eigenvalue weighted by molar-refractivity contribution is 0.201. The van der Waals surface area contributed by atoms with Gasteiger partial charge in [0.25, 0.3) is 0 Å². The lowest BCUT2D eigenvalue weighted by Gasteiger charge is -2.08. The molecular weight excluding hydrogens is 450 g/mol. The monoisotopic (exact) mass is 469 g/mol. The second-order valence-corrected chi connectivity index (χ2v) is 8.95. The normalized spacial score (nSPS) is 10.9. The molecule has 4 rings (SSSR count). The number of benzene rings is 2. The van der Waals surface area contributed by atoms with Crippen LogP contribution in [0.1, 0.15) is 5.69 Å². The van der Waals surface area contributed by atoms with Gasteiger partial charge in [0.05, 0.1) is 17.3 Å². The molecule has 0 unspecified atom stereocenters. The van der Waals surface area contributed by atoms with E-state index in [0.29, 0.717) is 16.6 Å². The molecule has 0 bridgehead atoms. The molecule has 0 atom stereocenters. The summed E-state index contributed by atoms with van der Waals surface area (Å²) in [6.07, 6.45) is 0. The lowest BCUT2D eigenvalue weighted by atomic mass is 10.1. The number of rotatable bonds is 8. The van der Waals surface area contributed by atoms with Crippen molar-refractivity contribution in [3.8, 4) is 27.4 Å². The number of aromatic nitrogens is 2. The highest BCUT2D eigenvalue weighted by molar-refractivity contribution is 7.98. The molecule has 2 aromatic carbocycles. The molecule has 3 N–H and O–H groups in total. The topological polar surface area (TPSA) is 81.3 Å². The van der Waals surface area contributed by atoms with Crippen LogP contribution in [0.2, 0.25) is 5.02 Å². The fraction of sp³-hybridized carbons (Fsp3) is 0.130. The Morgan fingerprint density at radius 2 is 1.71 bits per heavy atom. The van der Waals surface area contributed by atoms with Crippen LogP contribution in [0.5, 0.6) is 5.75 Å². The summed E-state index contributed by atoms with van der Waals surface area (Å²) in [4.78, 5) is 9.18. The Kier molecular flexibility index (Phi) is 7.09. The first-order valence-electron chi connectivity index (χ1n) is 9.55. The minimum absolute atomic E-state index is 0.0105. The van der Waals surface area contributed by atoms with Crippen LogP contribution in [0.15, 0.2) is 71.1 Å². The maximum absolute atomic E-state index is 8.87. The van der Waals surface area contributed by atoms with Crippen LogP contribution in [-0.4, -0.2) is 28.3 Å². The molecule has 0 fully saturated rings. The maximum atomic E-state index is 8.87. The first-order chi connectivity index (χ1) is 15.1. The molecule has 4 aromatic rings. The van der Waals surface area contributed by atoms with Gasteiger partial charge in [0.2, 0.25) is 0 Å². The summed E-state index contributed by atoms with van der Waals surface area (Å²) < 4.78 is 5.42. The van der Waals surface area contributed by atoms with Crippen molar-refractivity contribution < 1.29 is 9.84 Å². The number of hydrogen-bond acceptors (Lipinski definition) is 7. The SMILES string of the molecule is Nc1cc(-c2ccc(OCCO)cc2)cc(SCc2csc(-c3ccc(Cl)cc3)n2)n1. The highest BCUT2D eigenvalue weighted by atomic mass is 35.5. The fourth-order valence-electron chi connectivity index (χ4n) is 2.92. The van der Waals surface area contributed by atoms with E-state index in [1.54, 1.807) is 23.1 Å². The van der Waals surface area contributed by atoms with Crippen LogP contribution in [0, 0.1) is 0 Å². The standard InChI is InChI=1S/C23H20ClN3O2S2/c24-18-5-1-16(2-6-18)23-26-19(14-31-23)13-30-22-12-17(11-21(25)27-22)15-3-7-20(8-4-15)29-10-9-28/h1-8,11-12,14,28H,9-10,13H2,(H2,25,27). The lowest BCUT2D eigenvalue weighted by Crippen LogP contribution is -2.01. The van der Waals surface area contributed by atoms with Crippen molar-refractivity contribution in [2.75, 3.05) is 18.9 Å². The highest BCUT2D eigenvalue weighted by Gasteiger charge is 2.08. The van der Waals surface area contributed by atoms with Crippen LogP contribution in [0.4, 0.5) is 5.82 Å². The van der Waals surface area contributed by atoms with Crippen LogP contribution < -0.4 is 10.5 Å². The number of nitrogen functional groups attached to an aromatic ring is 1. The molecule has 5 nitrogen and oxygen atoms in total. The first kappa shape index (κ1) is 21.6. The molecule has 0 aliphatic carbocycles. The van der Waals surface area contributed by atoms with Crippen LogP contribution in [-0.2, 0) is 5.75 Å². The molecule has 0 saturated carbocycles. The van der Waals surface area contributed by atoms with Crippen molar-refractivity contribution in [3.05, 3.63) is 76.8 Å². The zero-order valence-corrected chi connectivity index (χ0v) is 18.9. The first-order valence-corrected chi connectivity index (χ1v) is 11.8. The molecule has 0 radical (unpaired) electrons. The number of halogens is 1. The van der Waals surface area contributed by atoms with E-state index >= 15 is 0 Å². The Hall–Kier alpha value is -2.58. The molecule has 0 spiro atoms. The van der Waals surface area contributed by atoms with E-state index in [-0.39, 0.29) is 13.2 Å². The molecule has 0 aliphatic rings. The Bertz CT molecular complexity index is 1150. The van der Waals surface area contributed by atoms with Crippen molar-refractivity contribution in [3.63, 3.8) is 0 Å². The number of nitrogens with two attached hydrogens (primary N) is 1. The summed E-state index contributed by atoms with van der Waals surface area (Å²) >= 11 is 9.18. The van der Waals surface area contributed by atoms with E-state index in [1.807, 2.05) is 60.7 Å². The number of nitrogens with zero attached hydrogens (tertiary/aromatic N) is 2. The quantitative estimate of drug-likeness (QED) is 0.319. The van der Waals surface area contributed by atoms with E-state index in [2.05, 4.69) is 10.4 Å². The zero-order valence-electron chi connectivity index (χ0n) is 16.5. The average Bonchev–Trinajstić information content (AvgIpc) is 3.26. The van der Waals surface area contributed by atoms with Gasteiger partial charge in [0.15, 0.2) is 0 Å². The van der Waals surface area contributed by atoms with Crippen molar-refractivity contribution in [1.29, 1.82) is 0 Å². The Morgan fingerprint density at radius 1 is 0.968 bits per heavy atom. The van der Waals surface area contributed by atoms with Gasteiger partial charge in [-0.25, -0.2) is 9.97 Å². The minimum Gasteiger partial charge on any atom is -0.491 e. The number of thioether (sulfide) groups is 1. The van der Waals surface area contributed by atoms with Gasteiger partial charge in [-0.3, -0.25) is 0 Å². The third-order valence-corrected chi connectivity index (χ3v) is 6.52. The van der Waals surface area contributed by atoms with Crippen LogP contribution in [0.3, 0.4) is 0 Å². The van der Waals surface area contributed by atoms with Gasteiger partial charge in [-0.1, -0.05) is 47.6 Å². The summed E-state index contributed by atoms with van der Waals surface area (Å²) in [5.41, 5.74) is 10.1. The average molecular weight is 470 g/mol. The molecular formula is C23H20ClN3O2S2. The molecule has 158 valence electrons. The number of anilines is 1. The summed E-state index contributed by atoms with van der Waals surface area (Å²) in [5.74, 6) is 1.89. The summed E-state index contributed by atoms with van der Waals surface area (Å²) in [6.45, 7) is 0.266. The molecule has 0 amide bonds. The second-order valence-electron chi connectivity index (χ2n) is 6.65. The number of pyridine rings is 1. The molecule has 8 heteroatoms. The number of aliphatic hydroxyl groups is 1. The van der Waals surface area contributed by atoms with Crippen LogP contribution in [0.25, 0.3) is 21.7 Å². The zero-order chi connectivity index (χ0) is 21.6. The molecule has 2 heterocycles. The predicted molar refractivity (Wildman–Crippen MR) is 129 cm³/mol. The third-order valence-electron chi connectivity index (χ3n) is 4.38. The second kappa shape index (κ2) is 10.2. The van der Waals surface area contributed by atoms with Gasteiger partial charge in [-0.2, -0.15) is 0 Å². The van der Waals surface area contributed by atoms with Crippen LogP contribution >= 0.6 is 34.7 Å². The van der Waals surface area contributed by atoms with Gasteiger partial charge in [0.1, 0.15) is 23.2 Å². The number of hydrogen-bond donors (Lipinski definition) is 2.